The predicted octanol–water partition coefficient (Wildman–Crippen LogP) is 2.78. The van der Waals surface area contributed by atoms with Crippen LogP contribution in [0.25, 0.3) is 11.1 Å². The van der Waals surface area contributed by atoms with Crippen LogP contribution in [0.1, 0.15) is 11.8 Å². The summed E-state index contributed by atoms with van der Waals surface area (Å²) in [5.74, 6) is 0.971. The molecule has 2 aliphatic heterocycles. The van der Waals surface area contributed by atoms with Crippen molar-refractivity contribution in [2.45, 2.75) is 6.23 Å². The first-order valence-electron chi connectivity index (χ1n) is 7.24. The molecule has 0 radical (unpaired) electrons. The summed E-state index contributed by atoms with van der Waals surface area (Å²) in [4.78, 5) is 2.29. The number of nitrogens with zero attached hydrogens (tertiary/aromatic N) is 1. The monoisotopic (exact) mass is 283 g/mol. The molecule has 1 fully saturated rings. The van der Waals surface area contributed by atoms with Crippen LogP contribution in [0, 0.1) is 0 Å². The van der Waals surface area contributed by atoms with Gasteiger partial charge in [0.25, 0.3) is 0 Å². The van der Waals surface area contributed by atoms with Gasteiger partial charge in [-0.2, -0.15) is 0 Å². The number of phenolic OH excluding ortho intramolecular Hbond substituents is 1. The van der Waals surface area contributed by atoms with Gasteiger partial charge in [-0.05, 0) is 17.7 Å². The number of fused-ring (bicyclic) bond motifs is 3. The molecule has 4 heteroatoms. The van der Waals surface area contributed by atoms with Gasteiger partial charge in [-0.15, -0.1) is 0 Å². The summed E-state index contributed by atoms with van der Waals surface area (Å²) in [6, 6.07) is 13.6. The van der Waals surface area contributed by atoms with Crippen LogP contribution >= 0.6 is 0 Å². The fraction of sp³-hybridized carbons (Fsp3) is 0.294. The van der Waals surface area contributed by atoms with Crippen molar-refractivity contribution in [2.24, 2.45) is 0 Å². The van der Waals surface area contributed by atoms with Gasteiger partial charge in [0.05, 0.1) is 13.2 Å². The molecule has 1 atom stereocenters. The lowest BCUT2D eigenvalue weighted by molar-refractivity contribution is -0.0485. The molecule has 0 amide bonds. The third-order valence-electron chi connectivity index (χ3n) is 4.10. The Morgan fingerprint density at radius 2 is 1.81 bits per heavy atom. The van der Waals surface area contributed by atoms with Gasteiger partial charge in [0.1, 0.15) is 11.5 Å². The Bertz CT molecular complexity index is 665. The largest absolute Gasteiger partial charge is 0.508 e. The zero-order valence-corrected chi connectivity index (χ0v) is 11.7. The molecule has 0 aliphatic carbocycles. The average Bonchev–Trinajstić information content (AvgIpc) is 2.54. The fourth-order valence-corrected chi connectivity index (χ4v) is 3.06. The second kappa shape index (κ2) is 5.06. The highest BCUT2D eigenvalue weighted by atomic mass is 16.5. The number of aromatic hydroxyl groups is 1. The van der Waals surface area contributed by atoms with Crippen molar-refractivity contribution in [3.8, 4) is 22.6 Å². The van der Waals surface area contributed by atoms with Gasteiger partial charge in [0.15, 0.2) is 6.23 Å². The minimum atomic E-state index is -0.112. The third kappa shape index (κ3) is 2.17. The van der Waals surface area contributed by atoms with Crippen molar-refractivity contribution < 1.29 is 14.6 Å². The Hall–Kier alpha value is -2.04. The first-order valence-corrected chi connectivity index (χ1v) is 7.24. The number of morpholine rings is 1. The fourth-order valence-electron chi connectivity index (χ4n) is 3.06. The Kier molecular flexibility index (Phi) is 3.05. The minimum Gasteiger partial charge on any atom is -0.508 e. The van der Waals surface area contributed by atoms with E-state index in [9.17, 15) is 5.11 Å². The van der Waals surface area contributed by atoms with Crippen molar-refractivity contribution in [1.29, 1.82) is 0 Å². The topological polar surface area (TPSA) is 41.9 Å². The zero-order valence-electron chi connectivity index (χ0n) is 11.7. The number of ether oxygens (including phenoxy) is 2. The molecule has 4 nitrogen and oxygen atoms in total. The van der Waals surface area contributed by atoms with E-state index in [1.807, 2.05) is 18.2 Å². The second-order valence-electron chi connectivity index (χ2n) is 5.39. The Morgan fingerprint density at radius 3 is 2.67 bits per heavy atom. The zero-order chi connectivity index (χ0) is 14.2. The standard InChI is InChI=1S/C17H17NO3/c19-12-5-6-14-13-3-1-2-4-15(13)17(21-16(14)11-12)18-7-9-20-10-8-18/h1-6,11,17,19H,7-10H2. The van der Waals surface area contributed by atoms with Crippen molar-refractivity contribution in [3.63, 3.8) is 0 Å². The van der Waals surface area contributed by atoms with Gasteiger partial charge in [-0.1, -0.05) is 24.3 Å². The normalized spacial score (nSPS) is 21.2. The first-order chi connectivity index (χ1) is 10.3. The number of benzene rings is 2. The Balaban J connectivity index is 1.81. The number of rotatable bonds is 1. The molecule has 2 heterocycles. The Morgan fingerprint density at radius 1 is 1.00 bits per heavy atom. The summed E-state index contributed by atoms with van der Waals surface area (Å²) in [5.41, 5.74) is 3.39. The SMILES string of the molecule is Oc1ccc2c(c1)OC(N1CCOCC1)c1ccccc1-2. The molecule has 2 aromatic carbocycles. The summed E-state index contributed by atoms with van der Waals surface area (Å²) in [6.07, 6.45) is -0.112. The molecule has 1 saturated heterocycles. The van der Waals surface area contributed by atoms with Crippen LogP contribution in [0.5, 0.6) is 11.5 Å². The summed E-state index contributed by atoms with van der Waals surface area (Å²) in [5, 5.41) is 9.72. The van der Waals surface area contributed by atoms with Crippen LogP contribution in [0.4, 0.5) is 0 Å². The van der Waals surface area contributed by atoms with E-state index in [1.54, 1.807) is 12.1 Å². The highest BCUT2D eigenvalue weighted by Gasteiger charge is 2.31. The van der Waals surface area contributed by atoms with Gasteiger partial charge < -0.3 is 14.6 Å². The lowest BCUT2D eigenvalue weighted by Gasteiger charge is -2.38. The number of hydrogen-bond donors (Lipinski definition) is 1. The van der Waals surface area contributed by atoms with Crippen molar-refractivity contribution >= 4 is 0 Å². The lowest BCUT2D eigenvalue weighted by atomic mass is 9.94. The minimum absolute atomic E-state index is 0.112. The van der Waals surface area contributed by atoms with Crippen LogP contribution in [-0.4, -0.2) is 36.3 Å². The molecule has 21 heavy (non-hydrogen) atoms. The van der Waals surface area contributed by atoms with Crippen LogP contribution in [0.2, 0.25) is 0 Å². The quantitative estimate of drug-likeness (QED) is 0.874. The van der Waals surface area contributed by atoms with Gasteiger partial charge in [-0.3, -0.25) is 4.90 Å². The van der Waals surface area contributed by atoms with E-state index in [-0.39, 0.29) is 12.0 Å². The molecule has 1 unspecified atom stereocenters. The van der Waals surface area contributed by atoms with Crippen LogP contribution in [0.15, 0.2) is 42.5 Å². The molecule has 4 rings (SSSR count). The summed E-state index contributed by atoms with van der Waals surface area (Å²) >= 11 is 0. The predicted molar refractivity (Wildman–Crippen MR) is 79.3 cm³/mol. The van der Waals surface area contributed by atoms with Crippen LogP contribution < -0.4 is 4.74 Å². The van der Waals surface area contributed by atoms with Crippen molar-refractivity contribution in [1.82, 2.24) is 4.90 Å². The van der Waals surface area contributed by atoms with E-state index in [0.29, 0.717) is 0 Å². The molecule has 0 spiro atoms. The van der Waals surface area contributed by atoms with E-state index in [0.717, 1.165) is 37.6 Å². The highest BCUT2D eigenvalue weighted by Crippen LogP contribution is 2.44. The molecule has 0 saturated carbocycles. The molecule has 2 aromatic rings. The molecule has 2 aliphatic rings. The summed E-state index contributed by atoms with van der Waals surface area (Å²) in [7, 11) is 0. The van der Waals surface area contributed by atoms with E-state index in [1.165, 1.54) is 11.1 Å². The maximum absolute atomic E-state index is 9.72. The number of hydrogen-bond acceptors (Lipinski definition) is 4. The summed E-state index contributed by atoms with van der Waals surface area (Å²) < 4.78 is 11.6. The third-order valence-corrected chi connectivity index (χ3v) is 4.10. The maximum Gasteiger partial charge on any atom is 0.179 e. The van der Waals surface area contributed by atoms with Gasteiger partial charge in [0.2, 0.25) is 0 Å². The highest BCUT2D eigenvalue weighted by molar-refractivity contribution is 5.76. The van der Waals surface area contributed by atoms with Crippen LogP contribution in [0.3, 0.4) is 0 Å². The smallest absolute Gasteiger partial charge is 0.179 e. The maximum atomic E-state index is 9.72. The van der Waals surface area contributed by atoms with Gasteiger partial charge in [-0.25, -0.2) is 0 Å². The molecular weight excluding hydrogens is 266 g/mol. The summed E-state index contributed by atoms with van der Waals surface area (Å²) in [6.45, 7) is 3.17. The van der Waals surface area contributed by atoms with Crippen molar-refractivity contribution in [2.75, 3.05) is 26.3 Å². The lowest BCUT2D eigenvalue weighted by Crippen LogP contribution is -2.42. The first kappa shape index (κ1) is 12.7. The van der Waals surface area contributed by atoms with Gasteiger partial charge >= 0.3 is 0 Å². The van der Waals surface area contributed by atoms with E-state index >= 15 is 0 Å². The molecular formula is C17H17NO3. The van der Waals surface area contributed by atoms with Crippen LogP contribution in [-0.2, 0) is 4.74 Å². The Labute approximate surface area is 123 Å². The van der Waals surface area contributed by atoms with E-state index in [4.69, 9.17) is 9.47 Å². The molecule has 108 valence electrons. The molecule has 0 bridgehead atoms. The number of phenols is 1. The van der Waals surface area contributed by atoms with E-state index < -0.39 is 0 Å². The average molecular weight is 283 g/mol. The van der Waals surface area contributed by atoms with Gasteiger partial charge in [0, 0.05) is 30.3 Å². The molecule has 1 N–H and O–H groups in total. The van der Waals surface area contributed by atoms with Crippen molar-refractivity contribution in [3.05, 3.63) is 48.0 Å². The molecule has 0 aromatic heterocycles. The second-order valence-corrected chi connectivity index (χ2v) is 5.39. The van der Waals surface area contributed by atoms with E-state index in [2.05, 4.69) is 17.0 Å².